The third-order valence-corrected chi connectivity index (χ3v) is 5.89. The van der Waals surface area contributed by atoms with Crippen LogP contribution in [0.1, 0.15) is 30.7 Å². The maximum absolute atomic E-state index is 12.2. The Labute approximate surface area is 99.8 Å². The first-order valence-electron chi connectivity index (χ1n) is 5.80. The molecule has 1 aromatic rings. The van der Waals surface area contributed by atoms with Gasteiger partial charge in [0.05, 0.1) is 17.5 Å². The Kier molecular flexibility index (Phi) is 2.41. The van der Waals surface area contributed by atoms with Crippen LogP contribution in [-0.4, -0.2) is 29.5 Å². The van der Waals surface area contributed by atoms with E-state index in [0.29, 0.717) is 25.2 Å². The summed E-state index contributed by atoms with van der Waals surface area (Å²) in [6.45, 7) is 0.773. The highest BCUT2D eigenvalue weighted by molar-refractivity contribution is 7.89. The van der Waals surface area contributed by atoms with Crippen molar-refractivity contribution in [3.63, 3.8) is 0 Å². The number of rotatable bonds is 2. The van der Waals surface area contributed by atoms with Gasteiger partial charge in [-0.05, 0) is 12.8 Å². The highest BCUT2D eigenvalue weighted by Crippen LogP contribution is 2.31. The number of sulfonamides is 1. The molecule has 1 aromatic heterocycles. The minimum absolute atomic E-state index is 0.123. The molecule has 2 heterocycles. The zero-order valence-corrected chi connectivity index (χ0v) is 10.2. The number of hydrogen-bond donors (Lipinski definition) is 1. The lowest BCUT2D eigenvalue weighted by atomic mass is 10.0. The van der Waals surface area contributed by atoms with Crippen molar-refractivity contribution in [1.29, 1.82) is 0 Å². The summed E-state index contributed by atoms with van der Waals surface area (Å²) in [5.41, 5.74) is 6.13. The van der Waals surface area contributed by atoms with Crippen molar-refractivity contribution in [2.24, 2.45) is 0 Å². The van der Waals surface area contributed by atoms with Crippen molar-refractivity contribution in [1.82, 2.24) is 9.29 Å². The van der Waals surface area contributed by atoms with E-state index in [4.69, 9.17) is 10.2 Å². The Balaban J connectivity index is 1.83. The monoisotopic (exact) mass is 257 g/mol. The first-order chi connectivity index (χ1) is 8.07. The average molecular weight is 257 g/mol. The van der Waals surface area contributed by atoms with E-state index >= 15 is 0 Å². The minimum atomic E-state index is -3.15. The van der Waals surface area contributed by atoms with Gasteiger partial charge in [-0.1, -0.05) is 6.42 Å². The minimum Gasteiger partial charge on any atom is -0.429 e. The second-order valence-electron chi connectivity index (χ2n) is 4.60. The zero-order chi connectivity index (χ0) is 12.0. The third kappa shape index (κ3) is 1.73. The third-order valence-electron chi connectivity index (χ3n) is 3.54. The number of fused-ring (bicyclic) bond motifs is 1. The summed E-state index contributed by atoms with van der Waals surface area (Å²) in [6, 6.07) is 0.123. The van der Waals surface area contributed by atoms with Gasteiger partial charge in [0.1, 0.15) is 5.76 Å². The summed E-state index contributed by atoms with van der Waals surface area (Å²) >= 11 is 0. The van der Waals surface area contributed by atoms with Crippen molar-refractivity contribution < 1.29 is 12.8 Å². The summed E-state index contributed by atoms with van der Waals surface area (Å²) in [5, 5.41) is -0.187. The summed E-state index contributed by atoms with van der Waals surface area (Å²) in [4.78, 5) is 4.02. The highest BCUT2D eigenvalue weighted by Gasteiger charge is 2.38. The number of nitrogens with two attached hydrogens (primary N) is 1. The summed E-state index contributed by atoms with van der Waals surface area (Å²) < 4.78 is 31.2. The predicted molar refractivity (Wildman–Crippen MR) is 61.6 cm³/mol. The molecule has 0 unspecified atom stereocenters. The summed E-state index contributed by atoms with van der Waals surface area (Å²) in [5.74, 6) is 0.725. The summed E-state index contributed by atoms with van der Waals surface area (Å²) in [7, 11) is -3.15. The fourth-order valence-corrected chi connectivity index (χ4v) is 4.29. The molecule has 0 bridgehead atoms. The Hall–Kier alpha value is -1.08. The fraction of sp³-hybridized carbons (Fsp3) is 0.700. The Morgan fingerprint density at radius 3 is 2.82 bits per heavy atom. The number of aromatic nitrogens is 1. The van der Waals surface area contributed by atoms with Crippen LogP contribution in [0.15, 0.2) is 4.42 Å². The smallest absolute Gasteiger partial charge is 0.292 e. The molecular weight excluding hydrogens is 242 g/mol. The van der Waals surface area contributed by atoms with Gasteiger partial charge < -0.3 is 10.2 Å². The molecule has 2 aliphatic rings. The molecule has 2 N–H and O–H groups in total. The Morgan fingerprint density at radius 1 is 1.41 bits per heavy atom. The number of nitrogen functional groups attached to an aromatic ring is 1. The maximum atomic E-state index is 12.2. The first-order valence-corrected chi connectivity index (χ1v) is 7.31. The molecule has 0 spiro atoms. The number of oxazole rings is 1. The normalized spacial score (nSPS) is 22.1. The van der Waals surface area contributed by atoms with E-state index in [2.05, 4.69) is 4.98 Å². The second-order valence-corrected chi connectivity index (χ2v) is 6.82. The van der Waals surface area contributed by atoms with E-state index in [1.165, 1.54) is 4.31 Å². The van der Waals surface area contributed by atoms with E-state index in [1.54, 1.807) is 0 Å². The van der Waals surface area contributed by atoms with Crippen LogP contribution in [-0.2, 0) is 23.0 Å². The van der Waals surface area contributed by atoms with Crippen molar-refractivity contribution in [2.45, 2.75) is 37.5 Å². The van der Waals surface area contributed by atoms with Crippen molar-refractivity contribution in [3.05, 3.63) is 11.5 Å². The molecule has 1 fully saturated rings. The molecule has 0 saturated heterocycles. The molecule has 6 nitrogen and oxygen atoms in total. The lowest BCUT2D eigenvalue weighted by Crippen LogP contribution is -2.44. The molecule has 94 valence electrons. The predicted octanol–water partition coefficient (Wildman–Crippen LogP) is 0.497. The van der Waals surface area contributed by atoms with Gasteiger partial charge in [0.2, 0.25) is 10.0 Å². The van der Waals surface area contributed by atoms with Crippen LogP contribution in [0.2, 0.25) is 0 Å². The van der Waals surface area contributed by atoms with Gasteiger partial charge in [0, 0.05) is 13.0 Å². The van der Waals surface area contributed by atoms with Gasteiger partial charge in [-0.3, -0.25) is 0 Å². The van der Waals surface area contributed by atoms with Gasteiger partial charge in [-0.2, -0.15) is 9.29 Å². The lowest BCUT2D eigenvalue weighted by molar-refractivity contribution is 0.344. The summed E-state index contributed by atoms with van der Waals surface area (Å²) in [6.07, 6.45) is 3.14. The first kappa shape index (κ1) is 11.0. The van der Waals surface area contributed by atoms with Gasteiger partial charge in [-0.15, -0.1) is 0 Å². The van der Waals surface area contributed by atoms with E-state index < -0.39 is 10.0 Å². The molecule has 0 amide bonds. The molecule has 1 saturated carbocycles. The van der Waals surface area contributed by atoms with E-state index in [-0.39, 0.29) is 11.3 Å². The molecule has 0 aromatic carbocycles. The van der Waals surface area contributed by atoms with Crippen LogP contribution in [0.4, 0.5) is 6.01 Å². The molecule has 0 radical (unpaired) electrons. The van der Waals surface area contributed by atoms with Gasteiger partial charge >= 0.3 is 0 Å². The Bertz CT molecular complexity index is 533. The molecule has 3 rings (SSSR count). The maximum Gasteiger partial charge on any atom is 0.292 e. The van der Waals surface area contributed by atoms with Crippen LogP contribution < -0.4 is 5.73 Å². The highest BCUT2D eigenvalue weighted by atomic mass is 32.2. The van der Waals surface area contributed by atoms with Crippen molar-refractivity contribution >= 4 is 16.0 Å². The van der Waals surface area contributed by atoms with Gasteiger partial charge in [0.15, 0.2) is 0 Å². The molecule has 1 aliphatic carbocycles. The average Bonchev–Trinajstić information content (AvgIpc) is 2.52. The molecule has 0 atom stereocenters. The van der Waals surface area contributed by atoms with Crippen LogP contribution in [0, 0.1) is 0 Å². The number of hydrogen-bond acceptors (Lipinski definition) is 5. The Morgan fingerprint density at radius 2 is 2.18 bits per heavy atom. The largest absolute Gasteiger partial charge is 0.429 e. The van der Waals surface area contributed by atoms with E-state index in [1.807, 2.05) is 0 Å². The van der Waals surface area contributed by atoms with Crippen molar-refractivity contribution in [2.75, 3.05) is 12.3 Å². The van der Waals surface area contributed by atoms with E-state index in [9.17, 15) is 8.42 Å². The van der Waals surface area contributed by atoms with Crippen molar-refractivity contribution in [3.8, 4) is 0 Å². The fourth-order valence-electron chi connectivity index (χ4n) is 2.29. The quantitative estimate of drug-likeness (QED) is 0.833. The number of nitrogens with zero attached hydrogens (tertiary/aromatic N) is 2. The molecule has 7 heteroatoms. The topological polar surface area (TPSA) is 89.4 Å². The molecule has 1 aliphatic heterocycles. The SMILES string of the molecule is Nc1nc2c(o1)CCN(S(=O)(=O)C1CCC1)C2. The van der Waals surface area contributed by atoms with Crippen LogP contribution in [0.3, 0.4) is 0 Å². The van der Waals surface area contributed by atoms with Gasteiger partial charge in [0.25, 0.3) is 6.01 Å². The lowest BCUT2D eigenvalue weighted by Gasteiger charge is -2.33. The van der Waals surface area contributed by atoms with E-state index in [0.717, 1.165) is 25.0 Å². The molecular formula is C10H15N3O3S. The van der Waals surface area contributed by atoms with Crippen LogP contribution >= 0.6 is 0 Å². The second kappa shape index (κ2) is 3.71. The van der Waals surface area contributed by atoms with Crippen LogP contribution in [0.5, 0.6) is 0 Å². The zero-order valence-electron chi connectivity index (χ0n) is 9.42. The van der Waals surface area contributed by atoms with Gasteiger partial charge in [-0.25, -0.2) is 8.42 Å². The van der Waals surface area contributed by atoms with Crippen LogP contribution in [0.25, 0.3) is 0 Å². The molecule has 17 heavy (non-hydrogen) atoms. The standard InChI is InChI=1S/C10H15N3O3S/c11-10-12-8-6-13(5-4-9(8)16-10)17(14,15)7-2-1-3-7/h7H,1-6H2,(H2,11,12). The number of anilines is 1.